The number of carbonyl (C=O) groups excluding carboxylic acids is 1. The fraction of sp³-hybridized carbons (Fsp3) is 0.750. The highest BCUT2D eigenvalue weighted by atomic mass is 32.1. The number of anilines is 1. The first-order chi connectivity index (χ1) is 8.54. The summed E-state index contributed by atoms with van der Waals surface area (Å²) in [5.41, 5.74) is 5.91. The Bertz CT molecular complexity index is 414. The second-order valence-electron chi connectivity index (χ2n) is 5.35. The summed E-state index contributed by atoms with van der Waals surface area (Å²) in [6.07, 6.45) is 3.59. The number of nitrogens with zero attached hydrogens (tertiary/aromatic N) is 2. The van der Waals surface area contributed by atoms with Crippen molar-refractivity contribution in [1.82, 2.24) is 10.2 Å². The molecule has 100 valence electrons. The van der Waals surface area contributed by atoms with E-state index in [9.17, 15) is 4.79 Å². The van der Waals surface area contributed by atoms with Crippen molar-refractivity contribution < 1.29 is 4.79 Å². The highest BCUT2D eigenvalue weighted by molar-refractivity contribution is 7.15. The van der Waals surface area contributed by atoms with Crippen LogP contribution in [0.2, 0.25) is 0 Å². The van der Waals surface area contributed by atoms with Crippen molar-refractivity contribution >= 4 is 22.4 Å². The highest BCUT2D eigenvalue weighted by Gasteiger charge is 2.29. The number of nitrogens with two attached hydrogens (primary N) is 1. The number of aromatic nitrogens is 2. The molecule has 1 unspecified atom stereocenters. The molecular weight excluding hydrogens is 248 g/mol. The summed E-state index contributed by atoms with van der Waals surface area (Å²) in [5.74, 6) is 1.04. The molecule has 1 aliphatic carbocycles. The molecule has 1 aliphatic rings. The largest absolute Gasteiger partial charge is 0.327 e. The molecule has 3 N–H and O–H groups in total. The predicted octanol–water partition coefficient (Wildman–Crippen LogP) is 1.80. The maximum Gasteiger partial charge on any atom is 0.227 e. The van der Waals surface area contributed by atoms with Crippen LogP contribution >= 0.6 is 11.3 Å². The summed E-state index contributed by atoms with van der Waals surface area (Å²) in [6, 6.07) is -0.00643. The number of amides is 1. The number of hydrogen-bond acceptors (Lipinski definition) is 5. The van der Waals surface area contributed by atoms with Crippen LogP contribution in [0.3, 0.4) is 0 Å². The van der Waals surface area contributed by atoms with E-state index in [4.69, 9.17) is 5.73 Å². The molecule has 1 amide bonds. The van der Waals surface area contributed by atoms with Crippen LogP contribution in [-0.2, 0) is 11.2 Å². The Morgan fingerprint density at radius 1 is 1.50 bits per heavy atom. The van der Waals surface area contributed by atoms with Gasteiger partial charge in [-0.2, -0.15) is 0 Å². The SMILES string of the molecule is CC(C)Cc1nnc(NC(=O)CC(N)C2CC2)s1. The van der Waals surface area contributed by atoms with E-state index in [1.165, 1.54) is 11.3 Å². The smallest absolute Gasteiger partial charge is 0.227 e. The molecule has 0 spiro atoms. The second-order valence-corrected chi connectivity index (χ2v) is 6.41. The molecule has 0 bridgehead atoms. The second kappa shape index (κ2) is 5.75. The minimum atomic E-state index is -0.0540. The molecule has 6 heteroatoms. The van der Waals surface area contributed by atoms with Crippen LogP contribution in [0.1, 0.15) is 38.1 Å². The lowest BCUT2D eigenvalue weighted by atomic mass is 10.1. The van der Waals surface area contributed by atoms with Gasteiger partial charge in [0.05, 0.1) is 0 Å². The zero-order valence-electron chi connectivity index (χ0n) is 10.8. The summed E-state index contributed by atoms with van der Waals surface area (Å²) in [6.45, 7) is 4.27. The number of nitrogens with one attached hydrogen (secondary N) is 1. The van der Waals surface area contributed by atoms with Crippen LogP contribution in [0.5, 0.6) is 0 Å². The molecule has 1 heterocycles. The van der Waals surface area contributed by atoms with Gasteiger partial charge in [0.2, 0.25) is 11.0 Å². The van der Waals surface area contributed by atoms with Gasteiger partial charge in [-0.1, -0.05) is 25.2 Å². The van der Waals surface area contributed by atoms with E-state index >= 15 is 0 Å². The Balaban J connectivity index is 1.80. The Labute approximate surface area is 111 Å². The first kappa shape index (κ1) is 13.4. The monoisotopic (exact) mass is 268 g/mol. The summed E-state index contributed by atoms with van der Waals surface area (Å²) in [7, 11) is 0. The van der Waals surface area contributed by atoms with Gasteiger partial charge in [-0.15, -0.1) is 10.2 Å². The summed E-state index contributed by atoms with van der Waals surface area (Å²) in [4.78, 5) is 11.7. The van der Waals surface area contributed by atoms with Crippen LogP contribution in [0.4, 0.5) is 5.13 Å². The highest BCUT2D eigenvalue weighted by Crippen LogP contribution is 2.32. The normalized spacial score (nSPS) is 16.9. The zero-order valence-corrected chi connectivity index (χ0v) is 11.7. The first-order valence-corrected chi connectivity index (χ1v) is 7.24. The van der Waals surface area contributed by atoms with Gasteiger partial charge in [0.15, 0.2) is 0 Å². The lowest BCUT2D eigenvalue weighted by molar-refractivity contribution is -0.116. The van der Waals surface area contributed by atoms with Crippen molar-refractivity contribution in [2.24, 2.45) is 17.6 Å². The standard InChI is InChI=1S/C12H20N4OS/c1-7(2)5-11-15-16-12(18-11)14-10(17)6-9(13)8-3-4-8/h7-9H,3-6,13H2,1-2H3,(H,14,16,17). The van der Waals surface area contributed by atoms with Crippen molar-refractivity contribution in [3.63, 3.8) is 0 Å². The van der Waals surface area contributed by atoms with Crippen molar-refractivity contribution in [2.45, 2.75) is 45.6 Å². The third-order valence-electron chi connectivity index (χ3n) is 2.94. The maximum absolute atomic E-state index is 11.7. The molecule has 5 nitrogen and oxygen atoms in total. The summed E-state index contributed by atoms with van der Waals surface area (Å²) < 4.78 is 0. The molecule has 1 aromatic heterocycles. The van der Waals surface area contributed by atoms with E-state index < -0.39 is 0 Å². The zero-order chi connectivity index (χ0) is 13.1. The molecule has 1 aromatic rings. The predicted molar refractivity (Wildman–Crippen MR) is 72.4 cm³/mol. The number of rotatable bonds is 6. The molecule has 0 aliphatic heterocycles. The summed E-state index contributed by atoms with van der Waals surface area (Å²) in [5, 5.41) is 12.4. The van der Waals surface area contributed by atoms with Gasteiger partial charge in [-0.25, -0.2) is 0 Å². The Kier molecular flexibility index (Phi) is 4.29. The van der Waals surface area contributed by atoms with Crippen molar-refractivity contribution in [2.75, 3.05) is 5.32 Å². The fourth-order valence-electron chi connectivity index (χ4n) is 1.81. The van der Waals surface area contributed by atoms with Crippen molar-refractivity contribution in [3.8, 4) is 0 Å². The summed E-state index contributed by atoms with van der Waals surface area (Å²) >= 11 is 1.45. The van der Waals surface area contributed by atoms with Gasteiger partial charge >= 0.3 is 0 Å². The van der Waals surface area contributed by atoms with Gasteiger partial charge < -0.3 is 11.1 Å². The quantitative estimate of drug-likeness (QED) is 0.824. The van der Waals surface area contributed by atoms with E-state index in [1.54, 1.807) is 0 Å². The minimum absolute atomic E-state index is 0.00643. The van der Waals surface area contributed by atoms with Gasteiger partial charge in [-0.3, -0.25) is 4.79 Å². The molecule has 1 atom stereocenters. The van der Waals surface area contributed by atoms with E-state index in [0.717, 1.165) is 24.3 Å². The van der Waals surface area contributed by atoms with E-state index in [-0.39, 0.29) is 11.9 Å². The minimum Gasteiger partial charge on any atom is -0.327 e. The van der Waals surface area contributed by atoms with Crippen LogP contribution in [0.15, 0.2) is 0 Å². The van der Waals surface area contributed by atoms with Gasteiger partial charge in [0.25, 0.3) is 0 Å². The Hall–Kier alpha value is -1.01. The lowest BCUT2D eigenvalue weighted by Crippen LogP contribution is -2.28. The van der Waals surface area contributed by atoms with Gasteiger partial charge in [-0.05, 0) is 24.7 Å². The van der Waals surface area contributed by atoms with E-state index in [1.807, 2.05) is 0 Å². The fourth-order valence-corrected chi connectivity index (χ4v) is 2.78. The molecule has 2 rings (SSSR count). The molecular formula is C12H20N4OS. The maximum atomic E-state index is 11.7. The molecule has 1 fully saturated rings. The van der Waals surface area contributed by atoms with E-state index in [2.05, 4.69) is 29.4 Å². The number of carbonyl (C=O) groups is 1. The van der Waals surface area contributed by atoms with Crippen LogP contribution < -0.4 is 11.1 Å². The van der Waals surface area contributed by atoms with Crippen LogP contribution in [0.25, 0.3) is 0 Å². The topological polar surface area (TPSA) is 80.9 Å². The van der Waals surface area contributed by atoms with Crippen molar-refractivity contribution in [3.05, 3.63) is 5.01 Å². The molecule has 1 saturated carbocycles. The van der Waals surface area contributed by atoms with Gasteiger partial charge in [0, 0.05) is 18.9 Å². The lowest BCUT2D eigenvalue weighted by Gasteiger charge is -2.08. The van der Waals surface area contributed by atoms with E-state index in [0.29, 0.717) is 23.4 Å². The molecule has 18 heavy (non-hydrogen) atoms. The van der Waals surface area contributed by atoms with Crippen LogP contribution in [0, 0.1) is 11.8 Å². The van der Waals surface area contributed by atoms with Crippen LogP contribution in [-0.4, -0.2) is 22.1 Å². The van der Waals surface area contributed by atoms with Gasteiger partial charge in [0.1, 0.15) is 5.01 Å². The molecule has 0 saturated heterocycles. The average Bonchev–Trinajstić information content (AvgIpc) is 3.02. The Morgan fingerprint density at radius 3 is 2.83 bits per heavy atom. The first-order valence-electron chi connectivity index (χ1n) is 6.42. The third-order valence-corrected chi connectivity index (χ3v) is 3.81. The molecule has 0 aromatic carbocycles. The third kappa shape index (κ3) is 4.03. The Morgan fingerprint density at radius 2 is 2.22 bits per heavy atom. The molecule has 0 radical (unpaired) electrons. The van der Waals surface area contributed by atoms with Crippen molar-refractivity contribution in [1.29, 1.82) is 0 Å². The average molecular weight is 268 g/mol. The number of hydrogen-bond donors (Lipinski definition) is 2.